The predicted molar refractivity (Wildman–Crippen MR) is 127 cm³/mol. The Kier molecular flexibility index (Phi) is 7.73. The van der Waals surface area contributed by atoms with Gasteiger partial charge in [-0.1, -0.05) is 22.0 Å². The molecule has 2 saturated heterocycles. The molecule has 3 aliphatic heterocycles. The van der Waals surface area contributed by atoms with E-state index < -0.39 is 12.2 Å². The van der Waals surface area contributed by atoms with Gasteiger partial charge in [0.15, 0.2) is 10.8 Å². The van der Waals surface area contributed by atoms with Crippen LogP contribution in [0.1, 0.15) is 29.8 Å². The van der Waals surface area contributed by atoms with Gasteiger partial charge < -0.3 is 32.1 Å². The molecule has 1 atom stereocenters. The molecule has 36 heavy (non-hydrogen) atoms. The molecule has 1 unspecified atom stereocenters. The summed E-state index contributed by atoms with van der Waals surface area (Å²) in [4.78, 5) is 37.5. The number of nitrogens with one attached hydrogen (secondary N) is 3. The van der Waals surface area contributed by atoms with Crippen LogP contribution in [0.2, 0.25) is 5.15 Å². The molecule has 1 aromatic rings. The van der Waals surface area contributed by atoms with E-state index in [-0.39, 0.29) is 33.9 Å². The van der Waals surface area contributed by atoms with E-state index in [0.29, 0.717) is 45.4 Å². The number of rotatable bonds is 7. The number of aromatic nitrogens is 2. The lowest BCUT2D eigenvalue weighted by Gasteiger charge is -2.39. The van der Waals surface area contributed by atoms with Crippen molar-refractivity contribution in [2.45, 2.75) is 31.1 Å². The van der Waals surface area contributed by atoms with Gasteiger partial charge in [0.25, 0.3) is 5.91 Å². The molecule has 0 aromatic carbocycles. The van der Waals surface area contributed by atoms with Crippen LogP contribution in [-0.2, 0) is 4.79 Å². The summed E-state index contributed by atoms with van der Waals surface area (Å²) < 4.78 is 0. The number of carbonyl (C=O) groups is 2. The van der Waals surface area contributed by atoms with Crippen LogP contribution in [0, 0.1) is 0 Å². The minimum Gasteiger partial charge on any atom is -0.373 e. The van der Waals surface area contributed by atoms with Gasteiger partial charge in [-0.05, 0) is 12.8 Å². The van der Waals surface area contributed by atoms with Gasteiger partial charge in [-0.15, -0.1) is 10.2 Å². The van der Waals surface area contributed by atoms with Gasteiger partial charge in [0.1, 0.15) is 6.29 Å². The lowest BCUT2D eigenvalue weighted by atomic mass is 9.88. The second-order valence-electron chi connectivity index (χ2n) is 8.54. The van der Waals surface area contributed by atoms with E-state index in [4.69, 9.17) is 29.1 Å². The zero-order chi connectivity index (χ0) is 25.7. The average molecular weight is 522 g/mol. The van der Waals surface area contributed by atoms with Gasteiger partial charge in [-0.25, -0.2) is 15.0 Å². The quantitative estimate of drug-likeness (QED) is 0.143. The van der Waals surface area contributed by atoms with Gasteiger partial charge in [-0.2, -0.15) is 0 Å². The normalized spacial score (nSPS) is 21.7. The third-order valence-corrected chi connectivity index (χ3v) is 6.50. The van der Waals surface area contributed by atoms with Crippen LogP contribution in [0.4, 0.5) is 11.6 Å². The Hall–Kier alpha value is -3.67. The fourth-order valence-corrected chi connectivity index (χ4v) is 4.55. The van der Waals surface area contributed by atoms with Gasteiger partial charge in [0, 0.05) is 50.5 Å². The Balaban J connectivity index is 1.35. The van der Waals surface area contributed by atoms with Crippen LogP contribution < -0.4 is 33.5 Å². The highest BCUT2D eigenvalue weighted by Gasteiger charge is 2.45. The zero-order valence-electron chi connectivity index (χ0n) is 19.3. The molecule has 4 rings (SSSR count). The Morgan fingerprint density at radius 3 is 2.58 bits per heavy atom. The lowest BCUT2D eigenvalue weighted by Crippen LogP contribution is -2.57. The van der Waals surface area contributed by atoms with Crippen molar-refractivity contribution in [1.82, 2.24) is 40.7 Å². The number of nitrogens with zero attached hydrogens (tertiary/aromatic N) is 9. The zero-order valence-corrected chi connectivity index (χ0v) is 20.1. The van der Waals surface area contributed by atoms with Crippen molar-refractivity contribution in [1.29, 1.82) is 0 Å². The molecule has 1 aromatic heterocycles. The van der Waals surface area contributed by atoms with Crippen LogP contribution in [0.5, 0.6) is 0 Å². The fraction of sp³-hybridized carbons (Fsp3) is 0.556. The second kappa shape index (κ2) is 10.9. The molecule has 2 fully saturated rings. The molecular formula is C18H28ClN15O2. The average Bonchev–Trinajstić information content (AvgIpc) is 3.48. The molecule has 1 spiro atoms. The van der Waals surface area contributed by atoms with Crippen LogP contribution in [-0.4, -0.2) is 81.3 Å². The third-order valence-electron chi connectivity index (χ3n) is 6.25. The summed E-state index contributed by atoms with van der Waals surface area (Å²) in [5, 5.41) is 23.9. The highest BCUT2D eigenvalue weighted by molar-refractivity contribution is 6.31. The van der Waals surface area contributed by atoms with Crippen molar-refractivity contribution in [3.05, 3.63) is 23.2 Å². The first-order chi connectivity index (χ1) is 17.3. The molecule has 18 heteroatoms. The second-order valence-corrected chi connectivity index (χ2v) is 8.89. The Labute approximate surface area is 211 Å². The SMILES string of the molecule is NN=Nc1nc(N=NN)c(C(=O)NC2NC3(CCN(C(=O)CCN4C=CNC4)CC3)CN2N)nc1Cl. The smallest absolute Gasteiger partial charge is 0.276 e. The first kappa shape index (κ1) is 25.4. The van der Waals surface area contributed by atoms with Gasteiger partial charge >= 0.3 is 0 Å². The van der Waals surface area contributed by atoms with Crippen LogP contribution in [0.15, 0.2) is 33.1 Å². The maximum atomic E-state index is 13.0. The predicted octanol–water partition coefficient (Wildman–Crippen LogP) is -1.08. The maximum absolute atomic E-state index is 13.0. The van der Waals surface area contributed by atoms with Crippen molar-refractivity contribution in [3.8, 4) is 0 Å². The monoisotopic (exact) mass is 521 g/mol. The number of amides is 2. The number of hydrogen-bond acceptors (Lipinski definition) is 13. The highest BCUT2D eigenvalue weighted by atomic mass is 35.5. The number of halogens is 1. The number of carbonyl (C=O) groups excluding carboxylic acids is 2. The lowest BCUT2D eigenvalue weighted by molar-refractivity contribution is -0.133. The van der Waals surface area contributed by atoms with E-state index in [9.17, 15) is 9.59 Å². The molecule has 0 aliphatic carbocycles. The highest BCUT2D eigenvalue weighted by Crippen LogP contribution is 2.29. The molecule has 9 N–H and O–H groups in total. The van der Waals surface area contributed by atoms with Gasteiger partial charge in [-0.3, -0.25) is 20.7 Å². The van der Waals surface area contributed by atoms with E-state index in [1.807, 2.05) is 17.3 Å². The van der Waals surface area contributed by atoms with E-state index in [2.05, 4.69) is 51.5 Å². The molecule has 3 aliphatic rings. The van der Waals surface area contributed by atoms with Crippen molar-refractivity contribution >= 4 is 35.1 Å². The number of hydrazine groups is 1. The van der Waals surface area contributed by atoms with Crippen molar-refractivity contribution in [3.63, 3.8) is 0 Å². The summed E-state index contributed by atoms with van der Waals surface area (Å²) >= 11 is 6.03. The van der Waals surface area contributed by atoms with Crippen LogP contribution >= 0.6 is 11.6 Å². The fourth-order valence-electron chi connectivity index (χ4n) is 4.38. The number of nitrogens with two attached hydrogens (primary N) is 3. The molecule has 2 amide bonds. The minimum atomic E-state index is -0.708. The van der Waals surface area contributed by atoms with E-state index in [1.165, 1.54) is 5.01 Å². The van der Waals surface area contributed by atoms with Crippen molar-refractivity contribution < 1.29 is 9.59 Å². The summed E-state index contributed by atoms with van der Waals surface area (Å²) in [6.07, 6.45) is 4.91. The topological polar surface area (TPSA) is 233 Å². The summed E-state index contributed by atoms with van der Waals surface area (Å²) in [7, 11) is 0. The van der Waals surface area contributed by atoms with Crippen LogP contribution in [0.25, 0.3) is 0 Å². The molecule has 194 valence electrons. The molecule has 0 radical (unpaired) electrons. The molecule has 17 nitrogen and oxygen atoms in total. The third kappa shape index (κ3) is 5.59. The van der Waals surface area contributed by atoms with Gasteiger partial charge in [0.05, 0.1) is 6.67 Å². The molecule has 0 saturated carbocycles. The summed E-state index contributed by atoms with van der Waals surface area (Å²) in [5.74, 6) is 15.4. The van der Waals surface area contributed by atoms with E-state index >= 15 is 0 Å². The first-order valence-corrected chi connectivity index (χ1v) is 11.5. The summed E-state index contributed by atoms with van der Waals surface area (Å²) in [6, 6.07) is 0. The number of likely N-dealkylation sites (tertiary alicyclic amines) is 1. The summed E-state index contributed by atoms with van der Waals surface area (Å²) in [6.45, 7) is 3.04. The van der Waals surface area contributed by atoms with Crippen LogP contribution in [0.3, 0.4) is 0 Å². The van der Waals surface area contributed by atoms with Gasteiger partial charge in [0.2, 0.25) is 17.5 Å². The first-order valence-electron chi connectivity index (χ1n) is 11.2. The van der Waals surface area contributed by atoms with E-state index in [0.717, 1.165) is 6.67 Å². The molecular weight excluding hydrogens is 494 g/mol. The molecule has 0 bridgehead atoms. The largest absolute Gasteiger partial charge is 0.373 e. The number of piperidine rings is 1. The minimum absolute atomic E-state index is 0.118. The number of hydrogen-bond donors (Lipinski definition) is 6. The van der Waals surface area contributed by atoms with Crippen molar-refractivity contribution in [2.75, 3.05) is 32.8 Å². The summed E-state index contributed by atoms with van der Waals surface area (Å²) in [5.41, 5.74) is -0.593. The maximum Gasteiger partial charge on any atom is 0.276 e. The Morgan fingerprint density at radius 1 is 1.19 bits per heavy atom. The Bertz CT molecular complexity index is 1070. The molecule has 4 heterocycles. The Morgan fingerprint density at radius 2 is 1.92 bits per heavy atom. The van der Waals surface area contributed by atoms with E-state index in [1.54, 1.807) is 0 Å². The standard InChI is InChI=1S/C18H28ClN15O2/c19-13-15(29-31-21)25-14(28-30-20)12(24-13)16(36)26-17-27-18(9-34(17)22)2-6-33(7-3-18)11(35)1-5-32-8-4-23-10-32/h4,8,17,23,27H,1-3,5-7,9-10,22H2,(H,26,36)(H4,20,21,25,28,29). The van der Waals surface area contributed by atoms with Crippen molar-refractivity contribution in [2.24, 2.45) is 38.2 Å².